The molecule has 0 aliphatic rings. The first-order valence-electron chi connectivity index (χ1n) is 7.74. The quantitative estimate of drug-likeness (QED) is 0.488. The summed E-state index contributed by atoms with van der Waals surface area (Å²) in [5.74, 6) is 0. The summed E-state index contributed by atoms with van der Waals surface area (Å²) >= 11 is 7.33. The van der Waals surface area contributed by atoms with E-state index in [4.69, 9.17) is 11.6 Å². The lowest BCUT2D eigenvalue weighted by atomic mass is 10.1. The van der Waals surface area contributed by atoms with Gasteiger partial charge in [0.15, 0.2) is 10.7 Å². The van der Waals surface area contributed by atoms with Crippen LogP contribution in [-0.2, 0) is 6.42 Å². The highest BCUT2D eigenvalue weighted by Gasteiger charge is 2.10. The number of nitrogens with one attached hydrogen (secondary N) is 1. The Labute approximate surface area is 155 Å². The van der Waals surface area contributed by atoms with E-state index >= 15 is 0 Å². The Hall–Kier alpha value is -2.68. The predicted molar refractivity (Wildman–Crippen MR) is 104 cm³/mol. The maximum absolute atomic E-state index is 9.38. The van der Waals surface area contributed by atoms with E-state index in [0.717, 1.165) is 17.7 Å². The van der Waals surface area contributed by atoms with E-state index in [1.807, 2.05) is 29.6 Å². The zero-order chi connectivity index (χ0) is 17.6. The van der Waals surface area contributed by atoms with Crippen molar-refractivity contribution in [2.75, 3.05) is 5.43 Å². The van der Waals surface area contributed by atoms with Gasteiger partial charge in [-0.05, 0) is 30.2 Å². The molecule has 0 bridgehead atoms. The normalized spacial score (nSPS) is 11.2. The van der Waals surface area contributed by atoms with Crippen molar-refractivity contribution < 1.29 is 0 Å². The van der Waals surface area contributed by atoms with Crippen LogP contribution in [0.1, 0.15) is 17.5 Å². The molecule has 1 N–H and O–H groups in total. The second-order valence-corrected chi connectivity index (χ2v) is 6.58. The summed E-state index contributed by atoms with van der Waals surface area (Å²) in [6.45, 7) is 2.12. The number of hydrazone groups is 1. The number of thiazole rings is 1. The van der Waals surface area contributed by atoms with Gasteiger partial charge in [-0.15, -0.1) is 11.3 Å². The van der Waals surface area contributed by atoms with Gasteiger partial charge < -0.3 is 0 Å². The van der Waals surface area contributed by atoms with Crippen LogP contribution in [0.4, 0.5) is 5.69 Å². The van der Waals surface area contributed by atoms with Gasteiger partial charge in [-0.2, -0.15) is 10.4 Å². The lowest BCUT2D eigenvalue weighted by Gasteiger charge is -2.01. The summed E-state index contributed by atoms with van der Waals surface area (Å²) in [7, 11) is 0. The smallest absolute Gasteiger partial charge is 0.196 e. The maximum atomic E-state index is 9.38. The van der Waals surface area contributed by atoms with E-state index < -0.39 is 0 Å². The molecule has 0 aliphatic heterocycles. The molecule has 1 aromatic heterocycles. The standard InChI is InChI=1S/C19H15ClN4S/c1-2-13-6-8-14(9-7-13)18-12-25-19(22-18)17(11-21)24-23-16-5-3-4-15(20)10-16/h3-10,12,23H,2H2,1H3. The van der Waals surface area contributed by atoms with E-state index in [2.05, 4.69) is 40.6 Å². The predicted octanol–water partition coefficient (Wildman–Crippen LogP) is 5.37. The van der Waals surface area contributed by atoms with Gasteiger partial charge in [0.05, 0.1) is 11.4 Å². The molecule has 1 heterocycles. The first kappa shape index (κ1) is 17.2. The third-order valence-corrected chi connectivity index (χ3v) is 4.68. The number of aryl methyl sites for hydroxylation is 1. The SMILES string of the molecule is CCc1ccc(-c2csc(C(C#N)=NNc3cccc(Cl)c3)n2)cc1. The van der Waals surface area contributed by atoms with Crippen LogP contribution in [-0.4, -0.2) is 10.7 Å². The Balaban J connectivity index is 1.81. The van der Waals surface area contributed by atoms with Crippen LogP contribution in [0.25, 0.3) is 11.3 Å². The fourth-order valence-corrected chi connectivity index (χ4v) is 3.18. The largest absolute Gasteiger partial charge is 0.277 e. The second kappa shape index (κ2) is 7.93. The second-order valence-electron chi connectivity index (χ2n) is 5.28. The van der Waals surface area contributed by atoms with E-state index in [0.29, 0.717) is 15.7 Å². The van der Waals surface area contributed by atoms with Crippen LogP contribution in [0.15, 0.2) is 59.0 Å². The number of nitrogens with zero attached hydrogens (tertiary/aromatic N) is 3. The number of anilines is 1. The number of rotatable bonds is 5. The van der Waals surface area contributed by atoms with Gasteiger partial charge in [-0.1, -0.05) is 48.9 Å². The van der Waals surface area contributed by atoms with Gasteiger partial charge in [0, 0.05) is 16.0 Å². The summed E-state index contributed by atoms with van der Waals surface area (Å²) in [5.41, 5.74) is 6.95. The van der Waals surface area contributed by atoms with E-state index in [9.17, 15) is 5.26 Å². The monoisotopic (exact) mass is 366 g/mol. The molecule has 0 saturated carbocycles. The minimum Gasteiger partial charge on any atom is -0.277 e. The van der Waals surface area contributed by atoms with Crippen molar-refractivity contribution in [3.63, 3.8) is 0 Å². The molecule has 0 unspecified atom stereocenters. The van der Waals surface area contributed by atoms with Gasteiger partial charge in [-0.3, -0.25) is 5.43 Å². The van der Waals surface area contributed by atoms with Gasteiger partial charge in [0.1, 0.15) is 6.07 Å². The zero-order valence-corrected chi connectivity index (χ0v) is 15.1. The van der Waals surface area contributed by atoms with Crippen molar-refractivity contribution in [1.82, 2.24) is 4.98 Å². The molecule has 25 heavy (non-hydrogen) atoms. The molecule has 0 fully saturated rings. The lowest BCUT2D eigenvalue weighted by Crippen LogP contribution is -2.01. The van der Waals surface area contributed by atoms with Gasteiger partial charge in [0.25, 0.3) is 0 Å². The molecule has 4 nitrogen and oxygen atoms in total. The van der Waals surface area contributed by atoms with Crippen molar-refractivity contribution >= 4 is 34.3 Å². The number of hydrogen-bond acceptors (Lipinski definition) is 5. The van der Waals surface area contributed by atoms with Crippen molar-refractivity contribution in [3.05, 3.63) is 69.5 Å². The molecule has 124 valence electrons. The average Bonchev–Trinajstić information content (AvgIpc) is 3.12. The molecule has 3 rings (SSSR count). The lowest BCUT2D eigenvalue weighted by molar-refractivity contribution is 1.14. The number of aromatic nitrogens is 1. The zero-order valence-electron chi connectivity index (χ0n) is 13.5. The minimum absolute atomic E-state index is 0.237. The summed E-state index contributed by atoms with van der Waals surface area (Å²) < 4.78 is 0. The number of benzene rings is 2. The van der Waals surface area contributed by atoms with E-state index in [-0.39, 0.29) is 5.71 Å². The molecule has 0 atom stereocenters. The van der Waals surface area contributed by atoms with E-state index in [1.54, 1.807) is 12.1 Å². The van der Waals surface area contributed by atoms with Gasteiger partial charge >= 0.3 is 0 Å². The Morgan fingerprint density at radius 2 is 2.08 bits per heavy atom. The molecule has 6 heteroatoms. The Kier molecular flexibility index (Phi) is 5.44. The Morgan fingerprint density at radius 3 is 2.76 bits per heavy atom. The summed E-state index contributed by atoms with van der Waals surface area (Å²) in [6.07, 6.45) is 1.00. The molecule has 2 aromatic carbocycles. The molecule has 3 aromatic rings. The number of halogens is 1. The first-order valence-corrected chi connectivity index (χ1v) is 9.00. The Morgan fingerprint density at radius 1 is 1.28 bits per heavy atom. The first-order chi connectivity index (χ1) is 12.2. The molecule has 0 radical (unpaired) electrons. The number of nitriles is 1. The fraction of sp³-hybridized carbons (Fsp3) is 0.105. The van der Waals surface area contributed by atoms with Crippen LogP contribution in [0, 0.1) is 11.3 Å². The molecular formula is C19H15ClN4S. The topological polar surface area (TPSA) is 61.1 Å². The molecular weight excluding hydrogens is 352 g/mol. The van der Waals surface area contributed by atoms with Gasteiger partial charge in [-0.25, -0.2) is 4.98 Å². The van der Waals surface area contributed by atoms with Crippen LogP contribution in [0.2, 0.25) is 5.02 Å². The van der Waals surface area contributed by atoms with Crippen molar-refractivity contribution in [3.8, 4) is 17.3 Å². The Bertz CT molecular complexity index is 939. The summed E-state index contributed by atoms with van der Waals surface area (Å²) in [4.78, 5) is 4.54. The number of hydrogen-bond donors (Lipinski definition) is 1. The van der Waals surface area contributed by atoms with Crippen molar-refractivity contribution in [2.24, 2.45) is 5.10 Å². The average molecular weight is 367 g/mol. The molecule has 0 saturated heterocycles. The van der Waals surface area contributed by atoms with Crippen LogP contribution in [0.3, 0.4) is 0 Å². The van der Waals surface area contributed by atoms with Crippen molar-refractivity contribution in [1.29, 1.82) is 5.26 Å². The van der Waals surface area contributed by atoms with Crippen LogP contribution >= 0.6 is 22.9 Å². The third kappa shape index (κ3) is 4.24. The highest BCUT2D eigenvalue weighted by atomic mass is 35.5. The summed E-state index contributed by atoms with van der Waals surface area (Å²) in [5, 5.41) is 16.6. The fourth-order valence-electron chi connectivity index (χ4n) is 2.23. The van der Waals surface area contributed by atoms with Crippen LogP contribution in [0.5, 0.6) is 0 Å². The van der Waals surface area contributed by atoms with Crippen LogP contribution < -0.4 is 5.43 Å². The highest BCUT2D eigenvalue weighted by molar-refractivity contribution is 7.12. The minimum atomic E-state index is 0.237. The third-order valence-electron chi connectivity index (χ3n) is 3.59. The molecule has 0 spiro atoms. The summed E-state index contributed by atoms with van der Waals surface area (Å²) in [6, 6.07) is 17.5. The van der Waals surface area contributed by atoms with Gasteiger partial charge in [0.2, 0.25) is 0 Å². The van der Waals surface area contributed by atoms with Crippen molar-refractivity contribution in [2.45, 2.75) is 13.3 Å². The molecule has 0 amide bonds. The maximum Gasteiger partial charge on any atom is 0.196 e. The highest BCUT2D eigenvalue weighted by Crippen LogP contribution is 2.23. The van der Waals surface area contributed by atoms with E-state index in [1.165, 1.54) is 16.9 Å². The molecule has 0 aliphatic carbocycles.